The lowest BCUT2D eigenvalue weighted by Gasteiger charge is -2.18. The van der Waals surface area contributed by atoms with Gasteiger partial charge in [-0.25, -0.2) is 4.68 Å². The van der Waals surface area contributed by atoms with E-state index >= 15 is 0 Å². The molecule has 1 aromatic carbocycles. The fourth-order valence-corrected chi connectivity index (χ4v) is 2.32. The molecule has 0 spiro atoms. The molecule has 0 aliphatic heterocycles. The predicted molar refractivity (Wildman–Crippen MR) is 97.7 cm³/mol. The third-order valence-electron chi connectivity index (χ3n) is 4.03. The maximum Gasteiger partial charge on any atom is 0.267 e. The smallest absolute Gasteiger partial charge is 0.267 e. The molecule has 6 heteroatoms. The van der Waals surface area contributed by atoms with Gasteiger partial charge in [0, 0.05) is 17.7 Å². The van der Waals surface area contributed by atoms with Crippen molar-refractivity contribution in [2.75, 3.05) is 6.61 Å². The van der Waals surface area contributed by atoms with Crippen LogP contribution in [0.5, 0.6) is 5.75 Å². The summed E-state index contributed by atoms with van der Waals surface area (Å²) in [6, 6.07) is 9.95. The van der Waals surface area contributed by atoms with Gasteiger partial charge in [0.2, 0.25) is 5.91 Å². The van der Waals surface area contributed by atoms with Crippen LogP contribution in [0.4, 0.5) is 0 Å². The topological polar surface area (TPSA) is 73.2 Å². The minimum absolute atomic E-state index is 0.0555. The van der Waals surface area contributed by atoms with Crippen molar-refractivity contribution < 1.29 is 9.53 Å². The molecule has 2 unspecified atom stereocenters. The molecule has 0 radical (unpaired) electrons. The van der Waals surface area contributed by atoms with Crippen LogP contribution in [0.25, 0.3) is 11.3 Å². The van der Waals surface area contributed by atoms with Crippen LogP contribution in [-0.2, 0) is 4.79 Å². The molecule has 0 saturated carbocycles. The van der Waals surface area contributed by atoms with Crippen LogP contribution in [0.3, 0.4) is 0 Å². The zero-order valence-corrected chi connectivity index (χ0v) is 15.2. The van der Waals surface area contributed by atoms with Gasteiger partial charge in [-0.3, -0.25) is 9.59 Å². The number of rotatable bonds is 7. The summed E-state index contributed by atoms with van der Waals surface area (Å²) in [4.78, 5) is 24.4. The van der Waals surface area contributed by atoms with E-state index in [1.807, 2.05) is 45.0 Å². The molecule has 1 amide bonds. The van der Waals surface area contributed by atoms with Gasteiger partial charge in [-0.1, -0.05) is 6.92 Å². The molecule has 1 heterocycles. The fourth-order valence-electron chi connectivity index (χ4n) is 2.32. The first kappa shape index (κ1) is 18.7. The Hall–Kier alpha value is -2.63. The number of benzene rings is 1. The second kappa shape index (κ2) is 8.46. The highest BCUT2D eigenvalue weighted by molar-refractivity contribution is 5.80. The van der Waals surface area contributed by atoms with Crippen molar-refractivity contribution in [1.82, 2.24) is 15.1 Å². The highest BCUT2D eigenvalue weighted by Crippen LogP contribution is 2.20. The Morgan fingerprint density at radius 3 is 2.44 bits per heavy atom. The van der Waals surface area contributed by atoms with Crippen LogP contribution < -0.4 is 15.6 Å². The summed E-state index contributed by atoms with van der Waals surface area (Å²) in [5.41, 5.74) is 1.18. The minimum atomic E-state index is -0.677. The molecule has 1 aromatic heterocycles. The average molecular weight is 343 g/mol. The second-order valence-electron chi connectivity index (χ2n) is 5.95. The number of carbonyl (C=O) groups excluding carboxylic acids is 1. The Balaban J connectivity index is 2.27. The molecule has 0 aliphatic rings. The lowest BCUT2D eigenvalue weighted by Crippen LogP contribution is -2.40. The number of ether oxygens (including phenoxy) is 1. The second-order valence-corrected chi connectivity index (χ2v) is 5.95. The lowest BCUT2D eigenvalue weighted by atomic mass is 10.1. The Morgan fingerprint density at radius 2 is 1.84 bits per heavy atom. The van der Waals surface area contributed by atoms with Gasteiger partial charge in [-0.15, -0.1) is 0 Å². The molecule has 0 fully saturated rings. The van der Waals surface area contributed by atoms with Gasteiger partial charge in [-0.2, -0.15) is 5.10 Å². The highest BCUT2D eigenvalue weighted by Gasteiger charge is 2.19. The standard InChI is InChI=1S/C19H25N3O3/c1-5-13(3)20-19(24)14(4)22-18(23)12-11-17(21-22)15-7-9-16(10-8-15)25-6-2/h7-14H,5-6H2,1-4H3,(H,20,24). The van der Waals surface area contributed by atoms with Crippen LogP contribution >= 0.6 is 0 Å². The SMILES string of the molecule is CCOc1ccc(-c2ccc(=O)n(C(C)C(=O)NC(C)CC)n2)cc1. The number of aromatic nitrogens is 2. The highest BCUT2D eigenvalue weighted by atomic mass is 16.5. The van der Waals surface area contributed by atoms with Crippen molar-refractivity contribution in [3.63, 3.8) is 0 Å². The van der Waals surface area contributed by atoms with E-state index in [-0.39, 0.29) is 17.5 Å². The van der Waals surface area contributed by atoms with Gasteiger partial charge >= 0.3 is 0 Å². The van der Waals surface area contributed by atoms with E-state index in [1.54, 1.807) is 13.0 Å². The van der Waals surface area contributed by atoms with Gasteiger partial charge in [0.1, 0.15) is 11.8 Å². The molecule has 1 N–H and O–H groups in total. The number of amides is 1. The predicted octanol–water partition coefficient (Wildman–Crippen LogP) is 2.78. The largest absolute Gasteiger partial charge is 0.494 e. The van der Waals surface area contributed by atoms with Gasteiger partial charge in [0.15, 0.2) is 0 Å². The molecule has 25 heavy (non-hydrogen) atoms. The summed E-state index contributed by atoms with van der Waals surface area (Å²) in [5, 5.41) is 7.26. The molecule has 2 aromatic rings. The summed E-state index contributed by atoms with van der Waals surface area (Å²) in [6.45, 7) is 8.13. The molecule has 134 valence electrons. The molecular weight excluding hydrogens is 318 g/mol. The summed E-state index contributed by atoms with van der Waals surface area (Å²) < 4.78 is 6.65. The molecule has 6 nitrogen and oxygen atoms in total. The Kier molecular flexibility index (Phi) is 6.33. The molecule has 2 atom stereocenters. The summed E-state index contributed by atoms with van der Waals surface area (Å²) in [7, 11) is 0. The average Bonchev–Trinajstić information content (AvgIpc) is 2.62. The third kappa shape index (κ3) is 4.68. The van der Waals surface area contributed by atoms with Crippen LogP contribution in [0.2, 0.25) is 0 Å². The quantitative estimate of drug-likeness (QED) is 0.839. The van der Waals surface area contributed by atoms with Crippen LogP contribution in [-0.4, -0.2) is 28.3 Å². The molecule has 0 saturated heterocycles. The van der Waals surface area contributed by atoms with E-state index in [0.717, 1.165) is 17.7 Å². The van der Waals surface area contributed by atoms with Gasteiger partial charge in [-0.05, 0) is 57.5 Å². The van der Waals surface area contributed by atoms with Crippen LogP contribution in [0.15, 0.2) is 41.2 Å². The van der Waals surface area contributed by atoms with Crippen molar-refractivity contribution in [2.45, 2.75) is 46.2 Å². The van der Waals surface area contributed by atoms with Gasteiger partial charge in [0.05, 0.1) is 12.3 Å². The fraction of sp³-hybridized carbons (Fsp3) is 0.421. The van der Waals surface area contributed by atoms with Crippen molar-refractivity contribution in [1.29, 1.82) is 0 Å². The van der Waals surface area contributed by atoms with E-state index in [9.17, 15) is 9.59 Å². The number of carbonyl (C=O) groups is 1. The summed E-state index contributed by atoms with van der Waals surface area (Å²) >= 11 is 0. The molecular formula is C19H25N3O3. The van der Waals surface area contributed by atoms with E-state index < -0.39 is 6.04 Å². The molecule has 0 bridgehead atoms. The lowest BCUT2D eigenvalue weighted by molar-refractivity contribution is -0.124. The first-order valence-corrected chi connectivity index (χ1v) is 8.59. The van der Waals surface area contributed by atoms with Crippen molar-refractivity contribution >= 4 is 5.91 Å². The normalized spacial score (nSPS) is 13.1. The van der Waals surface area contributed by atoms with Gasteiger partial charge < -0.3 is 10.1 Å². The molecule has 2 rings (SSSR count). The maximum atomic E-state index is 12.3. The monoisotopic (exact) mass is 343 g/mol. The van der Waals surface area contributed by atoms with E-state index in [0.29, 0.717) is 12.3 Å². The first-order valence-electron chi connectivity index (χ1n) is 8.59. The minimum Gasteiger partial charge on any atom is -0.494 e. The zero-order valence-electron chi connectivity index (χ0n) is 15.2. The van der Waals surface area contributed by atoms with Crippen molar-refractivity contribution in [3.8, 4) is 17.0 Å². The Bertz CT molecular complexity index is 768. The number of nitrogens with zero attached hydrogens (tertiary/aromatic N) is 2. The Labute approximate surface area is 147 Å². The number of hydrogen-bond donors (Lipinski definition) is 1. The van der Waals surface area contributed by atoms with E-state index in [4.69, 9.17) is 4.74 Å². The van der Waals surface area contributed by atoms with E-state index in [2.05, 4.69) is 10.4 Å². The van der Waals surface area contributed by atoms with Crippen LogP contribution in [0.1, 0.15) is 40.2 Å². The molecule has 0 aliphatic carbocycles. The van der Waals surface area contributed by atoms with E-state index in [1.165, 1.54) is 10.7 Å². The van der Waals surface area contributed by atoms with Gasteiger partial charge in [0.25, 0.3) is 5.56 Å². The van der Waals surface area contributed by atoms with Crippen molar-refractivity contribution in [3.05, 3.63) is 46.8 Å². The maximum absolute atomic E-state index is 12.3. The number of hydrogen-bond acceptors (Lipinski definition) is 4. The number of nitrogens with one attached hydrogen (secondary N) is 1. The summed E-state index contributed by atoms with van der Waals surface area (Å²) in [5.74, 6) is 0.564. The third-order valence-corrected chi connectivity index (χ3v) is 4.03. The summed E-state index contributed by atoms with van der Waals surface area (Å²) in [6.07, 6.45) is 0.826. The zero-order chi connectivity index (χ0) is 18.4. The van der Waals surface area contributed by atoms with Crippen LogP contribution in [0, 0.1) is 0 Å². The first-order chi connectivity index (χ1) is 12.0. The Morgan fingerprint density at radius 1 is 1.16 bits per heavy atom. The van der Waals surface area contributed by atoms with Crippen molar-refractivity contribution in [2.24, 2.45) is 0 Å².